The van der Waals surface area contributed by atoms with Gasteiger partial charge in [0.2, 0.25) is 0 Å². The molecule has 0 aliphatic carbocycles. The lowest BCUT2D eigenvalue weighted by molar-refractivity contribution is 0.0585. The molecule has 12 heavy (non-hydrogen) atoms. The van der Waals surface area contributed by atoms with E-state index < -0.39 is 6.10 Å². The molecule has 3 aliphatic heterocycles. The summed E-state index contributed by atoms with van der Waals surface area (Å²) in [5.74, 6) is 0. The first-order valence-corrected chi connectivity index (χ1v) is 4.04. The minimum absolute atomic E-state index is 0.0434. The molecule has 3 aliphatic rings. The van der Waals surface area contributed by atoms with E-state index >= 15 is 0 Å². The van der Waals surface area contributed by atoms with E-state index in [9.17, 15) is 9.90 Å². The van der Waals surface area contributed by atoms with Gasteiger partial charge in [-0.15, -0.1) is 0 Å². The number of ether oxygens (including phenoxy) is 2. The average molecular weight is 171 g/mol. The van der Waals surface area contributed by atoms with E-state index in [2.05, 4.69) is 0 Å². The Balaban J connectivity index is 1.88. The van der Waals surface area contributed by atoms with Crippen molar-refractivity contribution < 1.29 is 19.4 Å². The molecule has 0 aromatic heterocycles. The highest BCUT2D eigenvalue weighted by Crippen LogP contribution is 2.36. The summed E-state index contributed by atoms with van der Waals surface area (Å²) in [6, 6.07) is -0.179. The number of aliphatic hydroxyl groups excluding tert-OH is 1. The first-order valence-electron chi connectivity index (χ1n) is 4.04. The van der Waals surface area contributed by atoms with E-state index in [0.29, 0.717) is 13.2 Å². The Labute approximate surface area is 68.9 Å². The predicted molar refractivity (Wildman–Crippen MR) is 36.5 cm³/mol. The minimum atomic E-state index is -0.560. The molecule has 0 aromatic carbocycles. The number of fused-ring (bicyclic) bond motifs is 2. The zero-order valence-electron chi connectivity index (χ0n) is 6.34. The van der Waals surface area contributed by atoms with E-state index in [4.69, 9.17) is 9.47 Å². The maximum absolute atomic E-state index is 11.1. The number of carbonyl (C=O) groups is 1. The molecule has 4 unspecified atom stereocenters. The Morgan fingerprint density at radius 3 is 3.25 bits per heavy atom. The topological polar surface area (TPSA) is 62.3 Å². The summed E-state index contributed by atoms with van der Waals surface area (Å²) in [5.41, 5.74) is 0. The van der Waals surface area contributed by atoms with Crippen molar-refractivity contribution in [2.45, 2.75) is 24.4 Å². The summed E-state index contributed by atoms with van der Waals surface area (Å²) in [4.78, 5) is 12.6. The molecule has 1 amide bonds. The van der Waals surface area contributed by atoms with Crippen molar-refractivity contribution >= 4 is 6.09 Å². The second-order valence-corrected chi connectivity index (χ2v) is 3.43. The van der Waals surface area contributed by atoms with Crippen LogP contribution in [-0.2, 0) is 9.47 Å². The van der Waals surface area contributed by atoms with Crippen LogP contribution in [0.2, 0.25) is 0 Å². The highest BCUT2D eigenvalue weighted by Gasteiger charge is 2.57. The molecule has 5 nitrogen and oxygen atoms in total. The van der Waals surface area contributed by atoms with Crippen LogP contribution in [0.3, 0.4) is 0 Å². The van der Waals surface area contributed by atoms with Crippen LogP contribution in [0.15, 0.2) is 0 Å². The third-order valence-corrected chi connectivity index (χ3v) is 2.74. The SMILES string of the molecule is O=C1OCC2C(O)C3OC3CN12. The van der Waals surface area contributed by atoms with Crippen molar-refractivity contribution in [3.63, 3.8) is 0 Å². The summed E-state index contributed by atoms with van der Waals surface area (Å²) in [7, 11) is 0. The van der Waals surface area contributed by atoms with Crippen molar-refractivity contribution in [2.75, 3.05) is 13.2 Å². The molecule has 0 spiro atoms. The smallest absolute Gasteiger partial charge is 0.410 e. The van der Waals surface area contributed by atoms with Gasteiger partial charge in [-0.25, -0.2) is 4.79 Å². The van der Waals surface area contributed by atoms with Crippen LogP contribution in [0.4, 0.5) is 4.79 Å². The number of epoxide rings is 1. The third-order valence-electron chi connectivity index (χ3n) is 2.74. The van der Waals surface area contributed by atoms with Crippen LogP contribution in [0.25, 0.3) is 0 Å². The molecule has 1 N–H and O–H groups in total. The third kappa shape index (κ3) is 0.676. The van der Waals surface area contributed by atoms with Crippen LogP contribution in [0, 0.1) is 0 Å². The predicted octanol–water partition coefficient (Wildman–Crippen LogP) is -1.05. The average Bonchev–Trinajstić information content (AvgIpc) is 2.73. The zero-order chi connectivity index (χ0) is 8.29. The summed E-state index contributed by atoms with van der Waals surface area (Å²) < 4.78 is 9.99. The normalized spacial score (nSPS) is 49.8. The second-order valence-electron chi connectivity index (χ2n) is 3.43. The number of nitrogens with zero attached hydrogens (tertiary/aromatic N) is 1. The lowest BCUT2D eigenvalue weighted by atomic mass is 10.0. The first-order chi connectivity index (χ1) is 5.77. The van der Waals surface area contributed by atoms with Gasteiger partial charge < -0.3 is 14.6 Å². The lowest BCUT2D eigenvalue weighted by Gasteiger charge is -2.27. The number of amides is 1. The molecular formula is C7H9NO4. The fourth-order valence-corrected chi connectivity index (χ4v) is 1.97. The highest BCUT2D eigenvalue weighted by atomic mass is 16.6. The Hall–Kier alpha value is -0.810. The van der Waals surface area contributed by atoms with Gasteiger partial charge in [0.1, 0.15) is 24.9 Å². The van der Waals surface area contributed by atoms with Gasteiger partial charge in [-0.1, -0.05) is 0 Å². The van der Waals surface area contributed by atoms with Crippen LogP contribution < -0.4 is 0 Å². The standard InChI is InChI=1S/C7H9NO4/c9-5-3-2-11-7(10)8(3)1-4-6(5)12-4/h3-6,9H,1-2H2. The maximum atomic E-state index is 11.1. The van der Waals surface area contributed by atoms with Gasteiger partial charge in [0.25, 0.3) is 0 Å². The van der Waals surface area contributed by atoms with Crippen LogP contribution in [0.1, 0.15) is 0 Å². The van der Waals surface area contributed by atoms with E-state index in [1.54, 1.807) is 4.90 Å². The lowest BCUT2D eigenvalue weighted by Crippen LogP contribution is -2.50. The zero-order valence-corrected chi connectivity index (χ0v) is 6.34. The number of carbonyl (C=O) groups excluding carboxylic acids is 1. The molecule has 3 rings (SSSR count). The molecular weight excluding hydrogens is 162 g/mol. The summed E-state index contributed by atoms with van der Waals surface area (Å²) >= 11 is 0. The number of hydrogen-bond acceptors (Lipinski definition) is 4. The Bertz CT molecular complexity index is 244. The van der Waals surface area contributed by atoms with E-state index in [0.717, 1.165) is 0 Å². The minimum Gasteiger partial charge on any atom is -0.447 e. The molecule has 0 saturated carbocycles. The van der Waals surface area contributed by atoms with Gasteiger partial charge in [0.15, 0.2) is 0 Å². The monoisotopic (exact) mass is 171 g/mol. The summed E-state index contributed by atoms with van der Waals surface area (Å²) in [5, 5.41) is 9.61. The highest BCUT2D eigenvalue weighted by molar-refractivity contribution is 5.70. The number of rotatable bonds is 0. The molecule has 3 saturated heterocycles. The van der Waals surface area contributed by atoms with Gasteiger partial charge in [-0.3, -0.25) is 4.90 Å². The maximum Gasteiger partial charge on any atom is 0.410 e. The van der Waals surface area contributed by atoms with Crippen LogP contribution >= 0.6 is 0 Å². The fraction of sp³-hybridized carbons (Fsp3) is 0.857. The second kappa shape index (κ2) is 1.92. The van der Waals surface area contributed by atoms with Crippen molar-refractivity contribution in [2.24, 2.45) is 0 Å². The van der Waals surface area contributed by atoms with Crippen LogP contribution in [0.5, 0.6) is 0 Å². The summed E-state index contributed by atoms with van der Waals surface area (Å²) in [6.07, 6.45) is -0.897. The molecule has 0 bridgehead atoms. The van der Waals surface area contributed by atoms with Crippen molar-refractivity contribution in [1.29, 1.82) is 0 Å². The van der Waals surface area contributed by atoms with Crippen molar-refractivity contribution in [1.82, 2.24) is 4.90 Å². The molecule has 4 atom stereocenters. The van der Waals surface area contributed by atoms with Gasteiger partial charge in [0.05, 0.1) is 12.6 Å². The number of piperidine rings is 1. The Morgan fingerprint density at radius 1 is 1.58 bits per heavy atom. The van der Waals surface area contributed by atoms with E-state index in [1.165, 1.54) is 0 Å². The molecule has 0 aromatic rings. The molecule has 5 heteroatoms. The number of aliphatic hydroxyl groups is 1. The van der Waals surface area contributed by atoms with Gasteiger partial charge >= 0.3 is 6.09 Å². The Kier molecular flexibility index (Phi) is 1.07. The number of cyclic esters (lactones) is 1. The first kappa shape index (κ1) is 6.68. The molecule has 3 fully saturated rings. The van der Waals surface area contributed by atoms with E-state index in [-0.39, 0.29) is 24.3 Å². The molecule has 66 valence electrons. The summed E-state index contributed by atoms with van der Waals surface area (Å²) in [6.45, 7) is 0.873. The fourth-order valence-electron chi connectivity index (χ4n) is 1.97. The van der Waals surface area contributed by atoms with Crippen LogP contribution in [-0.4, -0.2) is 53.6 Å². The quantitative estimate of drug-likeness (QED) is 0.472. The van der Waals surface area contributed by atoms with Gasteiger partial charge in [-0.05, 0) is 0 Å². The number of hydrogen-bond donors (Lipinski definition) is 1. The molecule has 3 heterocycles. The van der Waals surface area contributed by atoms with E-state index in [1.807, 2.05) is 0 Å². The van der Waals surface area contributed by atoms with Gasteiger partial charge in [-0.2, -0.15) is 0 Å². The van der Waals surface area contributed by atoms with Gasteiger partial charge in [0, 0.05) is 0 Å². The molecule has 0 radical (unpaired) electrons. The Morgan fingerprint density at radius 2 is 2.42 bits per heavy atom. The van der Waals surface area contributed by atoms with Crippen molar-refractivity contribution in [3.8, 4) is 0 Å². The largest absolute Gasteiger partial charge is 0.447 e. The van der Waals surface area contributed by atoms with Crippen molar-refractivity contribution in [3.05, 3.63) is 0 Å².